The minimum atomic E-state index is -3.67. The summed E-state index contributed by atoms with van der Waals surface area (Å²) in [6.07, 6.45) is 1.64. The molecule has 4 aromatic rings. The Morgan fingerprint density at radius 2 is 1.50 bits per heavy atom. The molecule has 1 aliphatic heterocycles. The molecule has 0 atom stereocenters. The molecule has 0 unspecified atom stereocenters. The Morgan fingerprint density at radius 1 is 0.833 bits per heavy atom. The molecule has 2 N–H and O–H groups in total. The highest BCUT2D eigenvalue weighted by atomic mass is 35.5. The maximum Gasteiger partial charge on any atom is 0.253 e. The van der Waals surface area contributed by atoms with E-state index in [1.807, 2.05) is 24.3 Å². The molecule has 1 amide bonds. The molecule has 10 heteroatoms. The molecule has 1 fully saturated rings. The van der Waals surface area contributed by atoms with Crippen LogP contribution in [0.4, 0.5) is 5.82 Å². The fourth-order valence-electron chi connectivity index (χ4n) is 4.25. The highest BCUT2D eigenvalue weighted by molar-refractivity contribution is 7.89. The fourth-order valence-corrected chi connectivity index (χ4v) is 5.89. The third-order valence-electron chi connectivity index (χ3n) is 6.18. The van der Waals surface area contributed by atoms with Crippen LogP contribution in [0.15, 0.2) is 83.9 Å². The van der Waals surface area contributed by atoms with Crippen molar-refractivity contribution in [1.29, 1.82) is 0 Å². The predicted molar refractivity (Wildman–Crippen MR) is 145 cm³/mol. The summed E-state index contributed by atoms with van der Waals surface area (Å²) in [4.78, 5) is 18.9. The average Bonchev–Trinajstić information content (AvgIpc) is 2.88. The molecule has 36 heavy (non-hydrogen) atoms. The fraction of sp³-hybridized carbons (Fsp3) is 0.154. The van der Waals surface area contributed by atoms with Crippen LogP contribution in [-0.4, -0.2) is 54.7 Å². The molecule has 5 rings (SSSR count). The van der Waals surface area contributed by atoms with Gasteiger partial charge in [-0.25, -0.2) is 13.4 Å². The lowest BCUT2D eigenvalue weighted by molar-refractivity contribution is 0.0698. The van der Waals surface area contributed by atoms with Crippen molar-refractivity contribution >= 4 is 56.5 Å². The van der Waals surface area contributed by atoms with Crippen molar-refractivity contribution in [3.05, 3.63) is 89.6 Å². The number of carbonyl (C=O) groups is 1. The number of nitrogen functional groups attached to an aromatic ring is 1. The summed E-state index contributed by atoms with van der Waals surface area (Å²) in [6.45, 7) is 1.12. The van der Waals surface area contributed by atoms with Crippen LogP contribution in [0, 0.1) is 0 Å². The van der Waals surface area contributed by atoms with E-state index >= 15 is 0 Å². The summed E-state index contributed by atoms with van der Waals surface area (Å²) < 4.78 is 27.9. The first-order valence-corrected chi connectivity index (χ1v) is 12.9. The molecule has 0 saturated carbocycles. The lowest BCUT2D eigenvalue weighted by Gasteiger charge is -2.34. The summed E-state index contributed by atoms with van der Waals surface area (Å²) in [7, 11) is -3.67. The van der Waals surface area contributed by atoms with Gasteiger partial charge in [-0.05, 0) is 70.4 Å². The largest absolute Gasteiger partial charge is 0.384 e. The Morgan fingerprint density at radius 3 is 2.19 bits per heavy atom. The summed E-state index contributed by atoms with van der Waals surface area (Å²) in [5.41, 5.74) is 8.17. The second kappa shape index (κ2) is 10.4. The molecule has 0 bridgehead atoms. The molecule has 1 saturated heterocycles. The number of hydrogen-bond donors (Lipinski definition) is 1. The number of pyridine rings is 1. The number of anilines is 1. The van der Waals surface area contributed by atoms with Gasteiger partial charge < -0.3 is 10.6 Å². The molecule has 1 aliphatic rings. The quantitative estimate of drug-likeness (QED) is 0.403. The Labute approximate surface area is 221 Å². The van der Waals surface area contributed by atoms with Gasteiger partial charge in [-0.3, -0.25) is 4.79 Å². The van der Waals surface area contributed by atoms with Crippen molar-refractivity contribution in [2.24, 2.45) is 0 Å². The first kappa shape index (κ1) is 25.9. The number of sulfonamides is 1. The van der Waals surface area contributed by atoms with E-state index in [1.165, 1.54) is 4.31 Å². The van der Waals surface area contributed by atoms with Crippen LogP contribution < -0.4 is 5.73 Å². The molecule has 186 valence electrons. The van der Waals surface area contributed by atoms with Crippen LogP contribution >= 0.6 is 24.0 Å². The Balaban J connectivity index is 0.00000304. The number of hydrogen-bond acceptors (Lipinski definition) is 5. The Bertz CT molecular complexity index is 1520. The number of rotatable bonds is 4. The van der Waals surface area contributed by atoms with Crippen LogP contribution in [-0.2, 0) is 10.0 Å². The minimum Gasteiger partial charge on any atom is -0.384 e. The smallest absolute Gasteiger partial charge is 0.253 e. The van der Waals surface area contributed by atoms with Gasteiger partial charge in [-0.1, -0.05) is 35.9 Å². The summed E-state index contributed by atoms with van der Waals surface area (Å²) in [5.74, 6) is 0.314. The molecular formula is C26H24Cl2N4O3S. The number of benzene rings is 3. The van der Waals surface area contributed by atoms with Crippen LogP contribution in [0.25, 0.3) is 21.9 Å². The van der Waals surface area contributed by atoms with Crippen LogP contribution in [0.2, 0.25) is 5.02 Å². The van der Waals surface area contributed by atoms with Crippen molar-refractivity contribution in [3.63, 3.8) is 0 Å². The maximum absolute atomic E-state index is 13.2. The molecule has 2 heterocycles. The van der Waals surface area contributed by atoms with Crippen molar-refractivity contribution in [2.45, 2.75) is 4.90 Å². The lowest BCUT2D eigenvalue weighted by Crippen LogP contribution is -2.50. The van der Waals surface area contributed by atoms with E-state index in [9.17, 15) is 13.2 Å². The van der Waals surface area contributed by atoms with E-state index in [4.69, 9.17) is 17.3 Å². The number of fused-ring (bicyclic) bond motifs is 1. The van der Waals surface area contributed by atoms with Gasteiger partial charge in [-0.15, -0.1) is 12.4 Å². The molecule has 0 spiro atoms. The van der Waals surface area contributed by atoms with Crippen molar-refractivity contribution in [1.82, 2.24) is 14.2 Å². The number of carbonyl (C=O) groups excluding carboxylic acids is 1. The van der Waals surface area contributed by atoms with E-state index in [0.717, 1.165) is 21.9 Å². The number of piperazine rings is 1. The number of amides is 1. The molecular weight excluding hydrogens is 519 g/mol. The van der Waals surface area contributed by atoms with Gasteiger partial charge in [0, 0.05) is 43.0 Å². The summed E-state index contributed by atoms with van der Waals surface area (Å²) >= 11 is 6.03. The van der Waals surface area contributed by atoms with Crippen molar-refractivity contribution in [3.8, 4) is 11.1 Å². The molecule has 7 nitrogen and oxygen atoms in total. The van der Waals surface area contributed by atoms with Crippen LogP contribution in [0.3, 0.4) is 0 Å². The van der Waals surface area contributed by atoms with E-state index in [-0.39, 0.29) is 36.3 Å². The zero-order chi connectivity index (χ0) is 24.6. The third-order valence-corrected chi connectivity index (χ3v) is 8.31. The topological polar surface area (TPSA) is 96.6 Å². The SMILES string of the molecule is Cl.Nc1cc(-c2ccc(C(=O)N3CCN(S(=O)(=O)c4ccc5cc(Cl)ccc5c4)CC3)cc2)ccn1. The number of aromatic nitrogens is 1. The van der Waals surface area contributed by atoms with E-state index in [2.05, 4.69) is 4.98 Å². The van der Waals surface area contributed by atoms with Gasteiger partial charge in [0.25, 0.3) is 5.91 Å². The predicted octanol–water partition coefficient (Wildman–Crippen LogP) is 4.71. The summed E-state index contributed by atoms with van der Waals surface area (Å²) in [5, 5.41) is 2.29. The van der Waals surface area contributed by atoms with Gasteiger partial charge in [0.1, 0.15) is 5.82 Å². The van der Waals surface area contributed by atoms with Crippen molar-refractivity contribution in [2.75, 3.05) is 31.9 Å². The normalized spacial score (nSPS) is 14.4. The standard InChI is InChI=1S/C26H23ClN4O3S.ClH/c27-23-7-5-21-16-24(8-6-20(21)15-23)35(33,34)31-13-11-30(12-14-31)26(32)19-3-1-18(2-4-19)22-9-10-29-25(28)17-22;/h1-10,15-17H,11-14H2,(H2,28,29);1H. The number of halogens is 2. The summed E-state index contributed by atoms with van der Waals surface area (Å²) in [6, 6.07) is 21.3. The van der Waals surface area contributed by atoms with E-state index < -0.39 is 10.0 Å². The molecule has 1 aromatic heterocycles. The Kier molecular flexibility index (Phi) is 7.51. The monoisotopic (exact) mass is 542 g/mol. The van der Waals surface area contributed by atoms with Crippen molar-refractivity contribution < 1.29 is 13.2 Å². The second-order valence-corrected chi connectivity index (χ2v) is 10.8. The zero-order valence-electron chi connectivity index (χ0n) is 19.2. The van der Waals surface area contributed by atoms with E-state index in [1.54, 1.807) is 59.6 Å². The number of nitrogens with zero attached hydrogens (tertiary/aromatic N) is 3. The van der Waals surface area contributed by atoms with Crippen LogP contribution in [0.1, 0.15) is 10.4 Å². The Hall–Kier alpha value is -3.17. The van der Waals surface area contributed by atoms with E-state index in [0.29, 0.717) is 29.5 Å². The molecule has 0 aliphatic carbocycles. The zero-order valence-corrected chi connectivity index (χ0v) is 21.6. The highest BCUT2D eigenvalue weighted by Gasteiger charge is 2.30. The van der Waals surface area contributed by atoms with Gasteiger partial charge in [-0.2, -0.15) is 4.31 Å². The van der Waals surface area contributed by atoms with Gasteiger partial charge in [0.05, 0.1) is 4.90 Å². The lowest BCUT2D eigenvalue weighted by atomic mass is 10.0. The number of nitrogens with two attached hydrogens (primary N) is 1. The van der Waals surface area contributed by atoms with Gasteiger partial charge >= 0.3 is 0 Å². The second-order valence-electron chi connectivity index (χ2n) is 8.40. The molecule has 0 radical (unpaired) electrons. The van der Waals surface area contributed by atoms with Gasteiger partial charge in [0.2, 0.25) is 10.0 Å². The molecule has 3 aromatic carbocycles. The third kappa shape index (κ3) is 5.17. The average molecular weight is 543 g/mol. The van der Waals surface area contributed by atoms with Gasteiger partial charge in [0.15, 0.2) is 0 Å². The minimum absolute atomic E-state index is 0. The highest BCUT2D eigenvalue weighted by Crippen LogP contribution is 2.26. The van der Waals surface area contributed by atoms with Crippen LogP contribution in [0.5, 0.6) is 0 Å². The first-order chi connectivity index (χ1) is 16.8. The maximum atomic E-state index is 13.2. The first-order valence-electron chi connectivity index (χ1n) is 11.1.